The number of methoxy groups -OCH3 is 1. The number of carbonyl (C=O) groups excluding carboxylic acids is 1. The predicted octanol–water partition coefficient (Wildman–Crippen LogP) is 2.10. The number of nitrogens with zero attached hydrogens (tertiary/aromatic N) is 1. The third-order valence-electron chi connectivity index (χ3n) is 4.18. The van der Waals surface area contributed by atoms with Crippen LogP contribution < -0.4 is 9.47 Å². The van der Waals surface area contributed by atoms with Gasteiger partial charge in [0.1, 0.15) is 0 Å². The van der Waals surface area contributed by atoms with Gasteiger partial charge in [0.05, 0.1) is 13.2 Å². The highest BCUT2D eigenvalue weighted by molar-refractivity contribution is 5.78. The van der Waals surface area contributed by atoms with Gasteiger partial charge in [0.15, 0.2) is 18.1 Å². The van der Waals surface area contributed by atoms with E-state index in [4.69, 9.17) is 14.2 Å². The molecule has 1 saturated heterocycles. The van der Waals surface area contributed by atoms with Gasteiger partial charge in [0.2, 0.25) is 0 Å². The fourth-order valence-corrected chi connectivity index (χ4v) is 2.62. The van der Waals surface area contributed by atoms with Crippen molar-refractivity contribution in [3.63, 3.8) is 0 Å². The minimum absolute atomic E-state index is 0.00317. The van der Waals surface area contributed by atoms with Crippen LogP contribution in [-0.2, 0) is 9.53 Å². The number of amides is 1. The standard InChI is InChI=1S/C17H23NO4/c1-20-15-4-2-3-5-16(15)22-12-17(19)18-9-8-14(10-18)21-11-13-6-7-13/h2-5,13-14H,6-12H2,1H3/t14-/m1/s1. The molecule has 1 heterocycles. The SMILES string of the molecule is COc1ccccc1OCC(=O)N1CC[C@@H](OCC2CC2)C1. The van der Waals surface area contributed by atoms with Gasteiger partial charge in [-0.05, 0) is 37.3 Å². The highest BCUT2D eigenvalue weighted by Gasteiger charge is 2.29. The van der Waals surface area contributed by atoms with Gasteiger partial charge in [-0.15, -0.1) is 0 Å². The molecule has 2 fully saturated rings. The number of benzene rings is 1. The minimum atomic E-state index is 0.00317. The molecule has 22 heavy (non-hydrogen) atoms. The summed E-state index contributed by atoms with van der Waals surface area (Å²) in [6, 6.07) is 7.35. The van der Waals surface area contributed by atoms with Crippen molar-refractivity contribution in [2.24, 2.45) is 5.92 Å². The number of para-hydroxylation sites is 2. The van der Waals surface area contributed by atoms with Crippen LogP contribution in [0, 0.1) is 5.92 Å². The van der Waals surface area contributed by atoms with Crippen LogP contribution in [0.4, 0.5) is 0 Å². The third kappa shape index (κ3) is 3.91. The summed E-state index contributed by atoms with van der Waals surface area (Å²) >= 11 is 0. The molecule has 1 aromatic rings. The topological polar surface area (TPSA) is 48.0 Å². The van der Waals surface area contributed by atoms with Crippen LogP contribution in [0.2, 0.25) is 0 Å². The second kappa shape index (κ2) is 7.01. The summed E-state index contributed by atoms with van der Waals surface area (Å²) in [5.41, 5.74) is 0. The largest absolute Gasteiger partial charge is 0.493 e. The number of likely N-dealkylation sites (tertiary alicyclic amines) is 1. The van der Waals surface area contributed by atoms with Crippen molar-refractivity contribution >= 4 is 5.91 Å². The molecule has 0 bridgehead atoms. The molecule has 1 aromatic carbocycles. The van der Waals surface area contributed by atoms with Gasteiger partial charge in [0.25, 0.3) is 5.91 Å². The lowest BCUT2D eigenvalue weighted by atomic mass is 10.3. The van der Waals surface area contributed by atoms with Crippen molar-refractivity contribution in [2.45, 2.75) is 25.4 Å². The first-order chi connectivity index (χ1) is 10.8. The molecule has 0 spiro atoms. The molecule has 120 valence electrons. The van der Waals surface area contributed by atoms with Gasteiger partial charge in [-0.25, -0.2) is 0 Å². The Morgan fingerprint density at radius 3 is 2.73 bits per heavy atom. The summed E-state index contributed by atoms with van der Waals surface area (Å²) < 4.78 is 16.7. The van der Waals surface area contributed by atoms with Gasteiger partial charge in [0, 0.05) is 19.7 Å². The lowest BCUT2D eigenvalue weighted by molar-refractivity contribution is -0.132. The molecular formula is C17H23NO4. The van der Waals surface area contributed by atoms with Crippen LogP contribution in [0.15, 0.2) is 24.3 Å². The van der Waals surface area contributed by atoms with E-state index < -0.39 is 0 Å². The zero-order valence-corrected chi connectivity index (χ0v) is 13.0. The first-order valence-corrected chi connectivity index (χ1v) is 7.91. The Hall–Kier alpha value is -1.75. The number of rotatable bonds is 7. The van der Waals surface area contributed by atoms with Crippen molar-refractivity contribution in [1.29, 1.82) is 0 Å². The average Bonchev–Trinajstić information content (AvgIpc) is 3.27. The maximum Gasteiger partial charge on any atom is 0.260 e. The first kappa shape index (κ1) is 15.2. The molecule has 1 aliphatic heterocycles. The molecule has 5 heteroatoms. The monoisotopic (exact) mass is 305 g/mol. The Morgan fingerprint density at radius 2 is 2.00 bits per heavy atom. The Labute approximate surface area is 131 Å². The molecule has 1 aliphatic carbocycles. The third-order valence-corrected chi connectivity index (χ3v) is 4.18. The summed E-state index contributed by atoms with van der Waals surface area (Å²) in [4.78, 5) is 14.0. The molecule has 0 unspecified atom stereocenters. The van der Waals surface area contributed by atoms with Gasteiger partial charge < -0.3 is 19.1 Å². The van der Waals surface area contributed by atoms with Crippen molar-refractivity contribution in [3.8, 4) is 11.5 Å². The molecule has 3 rings (SSSR count). The molecule has 5 nitrogen and oxygen atoms in total. The van der Waals surface area contributed by atoms with Crippen LogP contribution >= 0.6 is 0 Å². The average molecular weight is 305 g/mol. The van der Waals surface area contributed by atoms with E-state index in [9.17, 15) is 4.79 Å². The van der Waals surface area contributed by atoms with E-state index in [1.54, 1.807) is 13.2 Å². The smallest absolute Gasteiger partial charge is 0.260 e. The van der Waals surface area contributed by atoms with Gasteiger partial charge >= 0.3 is 0 Å². The Morgan fingerprint density at radius 1 is 1.23 bits per heavy atom. The van der Waals surface area contributed by atoms with E-state index in [0.29, 0.717) is 18.0 Å². The summed E-state index contributed by atoms with van der Waals surface area (Å²) in [6.07, 6.45) is 3.70. The Kier molecular flexibility index (Phi) is 4.83. The van der Waals surface area contributed by atoms with Gasteiger partial charge in [-0.2, -0.15) is 0 Å². The highest BCUT2D eigenvalue weighted by atomic mass is 16.5. The van der Waals surface area contributed by atoms with Crippen molar-refractivity contribution in [2.75, 3.05) is 33.4 Å². The van der Waals surface area contributed by atoms with E-state index in [-0.39, 0.29) is 18.6 Å². The molecule has 0 N–H and O–H groups in total. The summed E-state index contributed by atoms with van der Waals surface area (Å²) in [5, 5.41) is 0. The van der Waals surface area contributed by atoms with E-state index in [1.165, 1.54) is 12.8 Å². The second-order valence-electron chi connectivity index (χ2n) is 5.97. The normalized spacial score (nSPS) is 21.0. The molecule has 1 atom stereocenters. The first-order valence-electron chi connectivity index (χ1n) is 7.91. The predicted molar refractivity (Wildman–Crippen MR) is 82.2 cm³/mol. The Bertz CT molecular complexity index is 515. The van der Waals surface area contributed by atoms with Crippen LogP contribution in [-0.4, -0.2) is 50.3 Å². The fraction of sp³-hybridized carbons (Fsp3) is 0.588. The lowest BCUT2D eigenvalue weighted by Crippen LogP contribution is -2.34. The molecule has 0 radical (unpaired) electrons. The summed E-state index contributed by atoms with van der Waals surface area (Å²) in [5.74, 6) is 2.00. The Balaban J connectivity index is 1.43. The zero-order chi connectivity index (χ0) is 15.4. The quantitative estimate of drug-likeness (QED) is 0.774. The van der Waals surface area contributed by atoms with E-state index in [0.717, 1.165) is 25.5 Å². The van der Waals surface area contributed by atoms with Gasteiger partial charge in [-0.1, -0.05) is 12.1 Å². The van der Waals surface area contributed by atoms with Gasteiger partial charge in [-0.3, -0.25) is 4.79 Å². The summed E-state index contributed by atoms with van der Waals surface area (Å²) in [7, 11) is 1.59. The lowest BCUT2D eigenvalue weighted by Gasteiger charge is -2.17. The van der Waals surface area contributed by atoms with E-state index >= 15 is 0 Å². The van der Waals surface area contributed by atoms with Crippen molar-refractivity contribution in [1.82, 2.24) is 4.90 Å². The molecular weight excluding hydrogens is 282 g/mol. The highest BCUT2D eigenvalue weighted by Crippen LogP contribution is 2.30. The fourth-order valence-electron chi connectivity index (χ4n) is 2.62. The van der Waals surface area contributed by atoms with E-state index in [2.05, 4.69) is 0 Å². The molecule has 1 amide bonds. The number of hydrogen-bond donors (Lipinski definition) is 0. The maximum atomic E-state index is 12.2. The van der Waals surface area contributed by atoms with E-state index in [1.807, 2.05) is 23.1 Å². The summed E-state index contributed by atoms with van der Waals surface area (Å²) in [6.45, 7) is 2.32. The number of carbonyl (C=O) groups is 1. The minimum Gasteiger partial charge on any atom is -0.493 e. The van der Waals surface area contributed by atoms with Crippen LogP contribution in [0.1, 0.15) is 19.3 Å². The van der Waals surface area contributed by atoms with Crippen molar-refractivity contribution in [3.05, 3.63) is 24.3 Å². The maximum absolute atomic E-state index is 12.2. The van der Waals surface area contributed by atoms with Crippen molar-refractivity contribution < 1.29 is 19.0 Å². The number of hydrogen-bond acceptors (Lipinski definition) is 4. The van der Waals surface area contributed by atoms with Crippen LogP contribution in [0.25, 0.3) is 0 Å². The molecule has 2 aliphatic rings. The molecule has 0 aromatic heterocycles. The number of ether oxygens (including phenoxy) is 3. The second-order valence-corrected chi connectivity index (χ2v) is 5.97. The molecule has 1 saturated carbocycles. The zero-order valence-electron chi connectivity index (χ0n) is 13.0. The van der Waals surface area contributed by atoms with Crippen LogP contribution in [0.5, 0.6) is 11.5 Å². The van der Waals surface area contributed by atoms with Crippen LogP contribution in [0.3, 0.4) is 0 Å².